The molecule has 0 radical (unpaired) electrons. The van der Waals surface area contributed by atoms with Crippen molar-refractivity contribution in [3.05, 3.63) is 37.1 Å². The first-order chi connectivity index (χ1) is 5.91. The number of nitrogens with one attached hydrogen (secondary N) is 1. The van der Waals surface area contributed by atoms with E-state index in [0.717, 1.165) is 0 Å². The summed E-state index contributed by atoms with van der Waals surface area (Å²) in [6.45, 7) is 7.49. The number of rotatable bonds is 4. The van der Waals surface area contributed by atoms with E-state index < -0.39 is 0 Å². The molecule has 0 amide bonds. The standard InChI is InChI=1S/C8H10N2.C2H6/c1-2-3-4-7-10-8-5-6-9;1-2/h2-9H,1H2;1-2H3/b4-3+,8-5+,9-6?,10-7+;. The Kier molecular flexibility index (Phi) is 17.9. The van der Waals surface area contributed by atoms with Gasteiger partial charge in [-0.25, -0.2) is 0 Å². The van der Waals surface area contributed by atoms with Gasteiger partial charge < -0.3 is 5.41 Å². The van der Waals surface area contributed by atoms with Crippen molar-refractivity contribution in [2.45, 2.75) is 13.8 Å². The van der Waals surface area contributed by atoms with Crippen molar-refractivity contribution in [2.75, 3.05) is 0 Å². The van der Waals surface area contributed by atoms with E-state index in [1.807, 2.05) is 13.8 Å². The molecule has 0 saturated carbocycles. The first-order valence-corrected chi connectivity index (χ1v) is 3.88. The minimum Gasteiger partial charge on any atom is -0.309 e. The van der Waals surface area contributed by atoms with Crippen LogP contribution >= 0.6 is 0 Å². The van der Waals surface area contributed by atoms with E-state index in [-0.39, 0.29) is 0 Å². The molecule has 0 fully saturated rings. The van der Waals surface area contributed by atoms with E-state index in [2.05, 4.69) is 11.6 Å². The van der Waals surface area contributed by atoms with Crippen LogP contribution in [0.1, 0.15) is 13.8 Å². The molecule has 1 N–H and O–H groups in total. The average molecular weight is 164 g/mol. The summed E-state index contributed by atoms with van der Waals surface area (Å²) in [6, 6.07) is 0. The van der Waals surface area contributed by atoms with Crippen LogP contribution in [0.2, 0.25) is 0 Å². The predicted molar refractivity (Wildman–Crippen MR) is 57.1 cm³/mol. The molecule has 0 aliphatic rings. The highest BCUT2D eigenvalue weighted by atomic mass is 14.7. The van der Waals surface area contributed by atoms with Crippen molar-refractivity contribution in [1.29, 1.82) is 5.41 Å². The lowest BCUT2D eigenvalue weighted by Crippen LogP contribution is -1.60. The fourth-order valence-electron chi connectivity index (χ4n) is 0.320. The summed E-state index contributed by atoms with van der Waals surface area (Å²) in [7, 11) is 0. The van der Waals surface area contributed by atoms with Crippen LogP contribution in [0, 0.1) is 5.41 Å². The van der Waals surface area contributed by atoms with Gasteiger partial charge in [0.1, 0.15) is 0 Å². The van der Waals surface area contributed by atoms with Crippen molar-refractivity contribution in [2.24, 2.45) is 4.99 Å². The van der Waals surface area contributed by atoms with Gasteiger partial charge in [-0.05, 0) is 12.2 Å². The molecule has 0 aliphatic carbocycles. The van der Waals surface area contributed by atoms with Crippen LogP contribution in [0.3, 0.4) is 0 Å². The molecule has 12 heavy (non-hydrogen) atoms. The van der Waals surface area contributed by atoms with Gasteiger partial charge in [0.2, 0.25) is 0 Å². The van der Waals surface area contributed by atoms with Gasteiger partial charge in [-0.1, -0.05) is 32.6 Å². The second-order valence-corrected chi connectivity index (χ2v) is 1.43. The third-order valence-corrected chi connectivity index (χ3v) is 0.688. The van der Waals surface area contributed by atoms with E-state index in [9.17, 15) is 0 Å². The van der Waals surface area contributed by atoms with Gasteiger partial charge in [-0.15, -0.1) is 0 Å². The fraction of sp³-hybridized carbons (Fsp3) is 0.200. The Morgan fingerprint density at radius 2 is 1.83 bits per heavy atom. The molecule has 0 aromatic carbocycles. The quantitative estimate of drug-likeness (QED) is 0.490. The molecule has 0 aromatic rings. The SMILES string of the molecule is C=C/C=C/C=N/C=C/C=N.CC. The Hall–Kier alpha value is -1.44. The average Bonchev–Trinajstić information content (AvgIpc) is 2.15. The Morgan fingerprint density at radius 1 is 1.17 bits per heavy atom. The molecular formula is C10H16N2. The number of nitrogens with zero attached hydrogens (tertiary/aromatic N) is 1. The lowest BCUT2D eigenvalue weighted by molar-refractivity contribution is 1.50. The minimum absolute atomic E-state index is 1.18. The van der Waals surface area contributed by atoms with Gasteiger partial charge >= 0.3 is 0 Å². The van der Waals surface area contributed by atoms with Crippen LogP contribution in [0.15, 0.2) is 42.1 Å². The summed E-state index contributed by atoms with van der Waals surface area (Å²) < 4.78 is 0. The maximum absolute atomic E-state index is 6.60. The Balaban J connectivity index is 0. The molecule has 0 heterocycles. The minimum atomic E-state index is 1.18. The van der Waals surface area contributed by atoms with Gasteiger partial charge in [-0.2, -0.15) is 0 Å². The topological polar surface area (TPSA) is 36.2 Å². The molecule has 66 valence electrons. The van der Waals surface area contributed by atoms with Crippen molar-refractivity contribution in [1.82, 2.24) is 0 Å². The lowest BCUT2D eigenvalue weighted by Gasteiger charge is -1.70. The zero-order valence-corrected chi connectivity index (χ0v) is 7.70. The normalized spacial score (nSPS) is 10.2. The Bertz CT molecular complexity index is 156. The van der Waals surface area contributed by atoms with E-state index in [1.165, 1.54) is 12.3 Å². The highest BCUT2D eigenvalue weighted by molar-refractivity contribution is 5.73. The second-order valence-electron chi connectivity index (χ2n) is 1.43. The third kappa shape index (κ3) is 15.8. The molecule has 0 unspecified atom stereocenters. The van der Waals surface area contributed by atoms with E-state index in [4.69, 9.17) is 5.41 Å². The first kappa shape index (κ1) is 13.2. The van der Waals surface area contributed by atoms with Crippen LogP contribution in [0.4, 0.5) is 0 Å². The van der Waals surface area contributed by atoms with E-state index in [0.29, 0.717) is 0 Å². The van der Waals surface area contributed by atoms with Crippen LogP contribution < -0.4 is 0 Å². The molecule has 2 nitrogen and oxygen atoms in total. The van der Waals surface area contributed by atoms with Crippen LogP contribution in [-0.4, -0.2) is 12.4 Å². The summed E-state index contributed by atoms with van der Waals surface area (Å²) in [4.78, 5) is 3.81. The van der Waals surface area contributed by atoms with Gasteiger partial charge in [-0.3, -0.25) is 4.99 Å². The molecule has 0 spiro atoms. The molecule has 0 bridgehead atoms. The second kappa shape index (κ2) is 16.3. The third-order valence-electron chi connectivity index (χ3n) is 0.688. The highest BCUT2D eigenvalue weighted by Gasteiger charge is 1.59. The smallest absolute Gasteiger partial charge is 0.0282 e. The van der Waals surface area contributed by atoms with Crippen molar-refractivity contribution in [3.63, 3.8) is 0 Å². The number of hydrogen-bond donors (Lipinski definition) is 1. The van der Waals surface area contributed by atoms with E-state index >= 15 is 0 Å². The largest absolute Gasteiger partial charge is 0.309 e. The maximum atomic E-state index is 6.60. The van der Waals surface area contributed by atoms with Crippen molar-refractivity contribution < 1.29 is 0 Å². The van der Waals surface area contributed by atoms with Crippen LogP contribution in [0.5, 0.6) is 0 Å². The summed E-state index contributed by atoms with van der Waals surface area (Å²) in [5.41, 5.74) is 0. The predicted octanol–water partition coefficient (Wildman–Crippen LogP) is 2.99. The monoisotopic (exact) mass is 164 g/mol. The van der Waals surface area contributed by atoms with Gasteiger partial charge in [0, 0.05) is 18.6 Å². The zero-order valence-electron chi connectivity index (χ0n) is 7.70. The zero-order chi connectivity index (χ0) is 9.66. The van der Waals surface area contributed by atoms with Gasteiger partial charge in [0.05, 0.1) is 0 Å². The molecular weight excluding hydrogens is 148 g/mol. The summed E-state index contributed by atoms with van der Waals surface area (Å²) in [5.74, 6) is 0. The number of aliphatic imine (C=N–C) groups is 1. The van der Waals surface area contributed by atoms with Gasteiger partial charge in [0.25, 0.3) is 0 Å². The molecule has 0 aliphatic heterocycles. The fourth-order valence-corrected chi connectivity index (χ4v) is 0.320. The van der Waals surface area contributed by atoms with Gasteiger partial charge in [0.15, 0.2) is 0 Å². The highest BCUT2D eigenvalue weighted by Crippen LogP contribution is 1.72. The Morgan fingerprint density at radius 3 is 2.33 bits per heavy atom. The summed E-state index contributed by atoms with van der Waals surface area (Å²) >= 11 is 0. The summed E-state index contributed by atoms with van der Waals surface area (Å²) in [6.07, 6.45) is 11.1. The molecule has 0 aromatic heterocycles. The first-order valence-electron chi connectivity index (χ1n) is 3.88. The molecule has 0 atom stereocenters. The number of allylic oxidation sites excluding steroid dienone is 4. The van der Waals surface area contributed by atoms with Crippen molar-refractivity contribution >= 4 is 12.4 Å². The van der Waals surface area contributed by atoms with Crippen LogP contribution in [0.25, 0.3) is 0 Å². The molecule has 2 heteroatoms. The van der Waals surface area contributed by atoms with Crippen molar-refractivity contribution in [3.8, 4) is 0 Å². The van der Waals surface area contributed by atoms with E-state index in [1.54, 1.807) is 30.6 Å². The number of hydrogen-bond acceptors (Lipinski definition) is 2. The summed E-state index contributed by atoms with van der Waals surface area (Å²) in [5, 5.41) is 6.60. The Labute approximate surface area is 74.5 Å². The lowest BCUT2D eigenvalue weighted by atomic mass is 10.5. The molecule has 0 saturated heterocycles. The van der Waals surface area contributed by atoms with Crippen LogP contribution in [-0.2, 0) is 0 Å². The molecule has 0 rings (SSSR count). The maximum Gasteiger partial charge on any atom is 0.0282 e.